The number of hydrogen-bond acceptors (Lipinski definition) is 3. The van der Waals surface area contributed by atoms with Gasteiger partial charge in [0, 0.05) is 13.1 Å². The van der Waals surface area contributed by atoms with Crippen LogP contribution in [0, 0.1) is 0 Å². The summed E-state index contributed by atoms with van der Waals surface area (Å²) in [5.41, 5.74) is 0. The summed E-state index contributed by atoms with van der Waals surface area (Å²) in [5.74, 6) is -0.691. The number of nitrogens with zero attached hydrogens (tertiary/aromatic N) is 1. The first-order valence-electron chi connectivity index (χ1n) is 5.16. The summed E-state index contributed by atoms with van der Waals surface area (Å²) in [6.45, 7) is 1.46. The van der Waals surface area contributed by atoms with Crippen LogP contribution in [0.1, 0.15) is 28.9 Å². The van der Waals surface area contributed by atoms with Gasteiger partial charge in [-0.05, 0) is 30.7 Å². The highest BCUT2D eigenvalue weighted by Gasteiger charge is 2.24. The molecule has 3 nitrogen and oxygen atoms in total. The van der Waals surface area contributed by atoms with Crippen LogP contribution in [0.2, 0.25) is 0 Å². The Morgan fingerprint density at radius 1 is 1.20 bits per heavy atom. The highest BCUT2D eigenvalue weighted by molar-refractivity contribution is 7.12. The summed E-state index contributed by atoms with van der Waals surface area (Å²) in [5, 5.41) is 1.82. The number of ketones is 1. The molecule has 0 aliphatic carbocycles. The number of carbonyl (C=O) groups excluding carboxylic acids is 2. The van der Waals surface area contributed by atoms with Crippen LogP contribution in [0.5, 0.6) is 0 Å². The van der Waals surface area contributed by atoms with Gasteiger partial charge in [-0.3, -0.25) is 9.59 Å². The van der Waals surface area contributed by atoms with Crippen molar-refractivity contribution in [3.8, 4) is 0 Å². The van der Waals surface area contributed by atoms with Gasteiger partial charge in [0.1, 0.15) is 0 Å². The fourth-order valence-electron chi connectivity index (χ4n) is 1.75. The fourth-order valence-corrected chi connectivity index (χ4v) is 2.41. The molecular weight excluding hydrogens is 210 g/mol. The van der Waals surface area contributed by atoms with Crippen LogP contribution < -0.4 is 0 Å². The minimum absolute atomic E-state index is 0.336. The van der Waals surface area contributed by atoms with E-state index in [0.29, 0.717) is 4.88 Å². The van der Waals surface area contributed by atoms with E-state index in [1.54, 1.807) is 17.0 Å². The Bertz CT molecular complexity index is 353. The number of carbonyl (C=O) groups is 2. The van der Waals surface area contributed by atoms with E-state index in [2.05, 4.69) is 0 Å². The lowest BCUT2D eigenvalue weighted by Gasteiger charge is -2.25. The number of likely N-dealkylation sites (tertiary alicyclic amines) is 1. The van der Waals surface area contributed by atoms with E-state index in [0.717, 1.165) is 32.4 Å². The second kappa shape index (κ2) is 4.57. The van der Waals surface area contributed by atoms with Gasteiger partial charge in [0.25, 0.3) is 11.7 Å². The van der Waals surface area contributed by atoms with Crippen LogP contribution >= 0.6 is 11.3 Å². The van der Waals surface area contributed by atoms with Crippen molar-refractivity contribution >= 4 is 23.0 Å². The van der Waals surface area contributed by atoms with Gasteiger partial charge < -0.3 is 4.90 Å². The zero-order chi connectivity index (χ0) is 10.7. The van der Waals surface area contributed by atoms with Crippen molar-refractivity contribution in [3.05, 3.63) is 22.4 Å². The monoisotopic (exact) mass is 223 g/mol. The summed E-state index contributed by atoms with van der Waals surface area (Å²) in [4.78, 5) is 25.7. The zero-order valence-corrected chi connectivity index (χ0v) is 9.26. The fraction of sp³-hybridized carbons (Fsp3) is 0.455. The molecule has 1 aliphatic heterocycles. The maximum Gasteiger partial charge on any atom is 0.295 e. The first-order chi connectivity index (χ1) is 7.29. The van der Waals surface area contributed by atoms with Gasteiger partial charge in [-0.2, -0.15) is 0 Å². The van der Waals surface area contributed by atoms with Crippen LogP contribution in [0.3, 0.4) is 0 Å². The molecule has 0 saturated carbocycles. The standard InChI is InChI=1S/C11H13NO2S/c13-10(9-5-4-8-15-9)11(14)12-6-2-1-3-7-12/h4-5,8H,1-3,6-7H2. The van der Waals surface area contributed by atoms with Crippen molar-refractivity contribution < 1.29 is 9.59 Å². The maximum absolute atomic E-state index is 11.8. The molecule has 1 amide bonds. The molecule has 0 unspecified atom stereocenters. The second-order valence-electron chi connectivity index (χ2n) is 3.66. The second-order valence-corrected chi connectivity index (χ2v) is 4.61. The first-order valence-corrected chi connectivity index (χ1v) is 6.04. The van der Waals surface area contributed by atoms with Crippen molar-refractivity contribution in [2.24, 2.45) is 0 Å². The quantitative estimate of drug-likeness (QED) is 0.567. The Morgan fingerprint density at radius 2 is 1.93 bits per heavy atom. The number of hydrogen-bond donors (Lipinski definition) is 0. The topological polar surface area (TPSA) is 37.4 Å². The van der Waals surface area contributed by atoms with Crippen LogP contribution in [-0.4, -0.2) is 29.7 Å². The smallest absolute Gasteiger partial charge is 0.295 e. The molecule has 0 radical (unpaired) electrons. The van der Waals surface area contributed by atoms with Crippen molar-refractivity contribution in [3.63, 3.8) is 0 Å². The minimum atomic E-state index is -0.355. The molecule has 0 atom stereocenters. The lowest BCUT2D eigenvalue weighted by molar-refractivity contribution is -0.127. The van der Waals surface area contributed by atoms with Gasteiger partial charge in [-0.15, -0.1) is 11.3 Å². The molecule has 1 aliphatic rings. The SMILES string of the molecule is O=C(C(=O)N1CCCCC1)c1cccs1. The van der Waals surface area contributed by atoms with Crippen molar-refractivity contribution in [2.75, 3.05) is 13.1 Å². The van der Waals surface area contributed by atoms with Gasteiger partial charge in [-0.1, -0.05) is 6.07 Å². The molecule has 80 valence electrons. The molecular formula is C11H13NO2S. The van der Waals surface area contributed by atoms with E-state index < -0.39 is 0 Å². The third kappa shape index (κ3) is 2.26. The van der Waals surface area contributed by atoms with Gasteiger partial charge >= 0.3 is 0 Å². The van der Waals surface area contributed by atoms with E-state index in [4.69, 9.17) is 0 Å². The van der Waals surface area contributed by atoms with Crippen LogP contribution in [0.15, 0.2) is 17.5 Å². The zero-order valence-electron chi connectivity index (χ0n) is 8.44. The summed E-state index contributed by atoms with van der Waals surface area (Å²) >= 11 is 1.33. The molecule has 2 heterocycles. The molecule has 0 aromatic carbocycles. The Morgan fingerprint density at radius 3 is 2.53 bits per heavy atom. The molecule has 1 saturated heterocycles. The molecule has 1 aromatic rings. The van der Waals surface area contributed by atoms with E-state index in [1.165, 1.54) is 11.3 Å². The van der Waals surface area contributed by atoms with Crippen molar-refractivity contribution in [1.82, 2.24) is 4.90 Å². The average Bonchev–Trinajstić information content (AvgIpc) is 2.82. The van der Waals surface area contributed by atoms with Crippen LogP contribution in [0.4, 0.5) is 0 Å². The number of piperidine rings is 1. The van der Waals surface area contributed by atoms with Crippen molar-refractivity contribution in [2.45, 2.75) is 19.3 Å². The Kier molecular flexibility index (Phi) is 3.16. The van der Waals surface area contributed by atoms with Gasteiger partial charge in [-0.25, -0.2) is 0 Å². The van der Waals surface area contributed by atoms with E-state index >= 15 is 0 Å². The normalized spacial score (nSPS) is 16.4. The molecule has 1 fully saturated rings. The Balaban J connectivity index is 2.04. The number of Topliss-reactive ketones (excluding diaryl/α,β-unsaturated/α-hetero) is 1. The summed E-state index contributed by atoms with van der Waals surface area (Å²) in [6, 6.07) is 3.50. The highest BCUT2D eigenvalue weighted by atomic mass is 32.1. The minimum Gasteiger partial charge on any atom is -0.336 e. The summed E-state index contributed by atoms with van der Waals surface area (Å²) in [7, 11) is 0. The van der Waals surface area contributed by atoms with Gasteiger partial charge in [0.05, 0.1) is 4.88 Å². The van der Waals surface area contributed by atoms with E-state index in [-0.39, 0.29) is 11.7 Å². The summed E-state index contributed by atoms with van der Waals surface area (Å²) < 4.78 is 0. The average molecular weight is 223 g/mol. The molecule has 4 heteroatoms. The highest BCUT2D eigenvalue weighted by Crippen LogP contribution is 2.14. The molecule has 15 heavy (non-hydrogen) atoms. The number of amides is 1. The molecule has 0 spiro atoms. The molecule has 0 bridgehead atoms. The predicted octanol–water partition coefficient (Wildman–Crippen LogP) is 1.94. The number of rotatable bonds is 2. The van der Waals surface area contributed by atoms with E-state index in [1.807, 2.05) is 5.38 Å². The molecule has 2 rings (SSSR count). The van der Waals surface area contributed by atoms with Gasteiger partial charge in [0.15, 0.2) is 0 Å². The lowest BCUT2D eigenvalue weighted by Crippen LogP contribution is -2.39. The predicted molar refractivity (Wildman–Crippen MR) is 59.1 cm³/mol. The maximum atomic E-state index is 11.8. The third-order valence-corrected chi connectivity index (χ3v) is 3.45. The third-order valence-electron chi connectivity index (χ3n) is 2.58. The first kappa shape index (κ1) is 10.4. The Hall–Kier alpha value is -1.16. The van der Waals surface area contributed by atoms with Gasteiger partial charge in [0.2, 0.25) is 0 Å². The molecule has 1 aromatic heterocycles. The largest absolute Gasteiger partial charge is 0.336 e. The van der Waals surface area contributed by atoms with Crippen LogP contribution in [-0.2, 0) is 4.79 Å². The molecule has 0 N–H and O–H groups in total. The Labute approximate surface area is 92.7 Å². The van der Waals surface area contributed by atoms with Crippen LogP contribution in [0.25, 0.3) is 0 Å². The van der Waals surface area contributed by atoms with E-state index in [9.17, 15) is 9.59 Å². The number of thiophene rings is 1. The van der Waals surface area contributed by atoms with Crippen molar-refractivity contribution in [1.29, 1.82) is 0 Å². The lowest BCUT2D eigenvalue weighted by atomic mass is 10.1. The summed E-state index contributed by atoms with van der Waals surface area (Å²) in [6.07, 6.45) is 3.20.